The Bertz CT molecular complexity index is 366. The molecule has 1 aliphatic heterocycles. The number of nitrogens with zero attached hydrogens (tertiary/aromatic N) is 1. The largest absolute Gasteiger partial charge is 0.310 e. The molecular weight excluding hydrogens is 232 g/mol. The van der Waals surface area contributed by atoms with Crippen LogP contribution in [0.4, 0.5) is 0 Å². The lowest BCUT2D eigenvalue weighted by Gasteiger charge is -2.29. The van der Waals surface area contributed by atoms with Crippen molar-refractivity contribution in [3.8, 4) is 0 Å². The first-order chi connectivity index (χ1) is 9.34. The second-order valence-corrected chi connectivity index (χ2v) is 5.48. The quantitative estimate of drug-likeness (QED) is 0.843. The number of hydrogen-bond donors (Lipinski definition) is 1. The summed E-state index contributed by atoms with van der Waals surface area (Å²) in [5, 5.41) is 3.57. The molecule has 2 heteroatoms. The van der Waals surface area contributed by atoms with E-state index in [1.165, 1.54) is 44.5 Å². The van der Waals surface area contributed by atoms with Gasteiger partial charge in [0.25, 0.3) is 0 Å². The summed E-state index contributed by atoms with van der Waals surface area (Å²) in [6.45, 7) is 6.98. The molecule has 1 aliphatic rings. The predicted octanol–water partition coefficient (Wildman–Crippen LogP) is 3.16. The molecule has 1 aromatic carbocycles. The van der Waals surface area contributed by atoms with E-state index < -0.39 is 0 Å². The van der Waals surface area contributed by atoms with E-state index in [1.807, 2.05) is 0 Å². The maximum Gasteiger partial charge on any atom is 0.0169 e. The molecule has 104 valence electrons. The van der Waals surface area contributed by atoms with Crippen LogP contribution < -0.4 is 5.32 Å². The third-order valence-corrected chi connectivity index (χ3v) is 3.67. The zero-order valence-electron chi connectivity index (χ0n) is 12.0. The summed E-state index contributed by atoms with van der Waals surface area (Å²) in [4.78, 5) is 2.59. The monoisotopic (exact) mass is 258 g/mol. The molecule has 0 aliphatic carbocycles. The predicted molar refractivity (Wildman–Crippen MR) is 83.2 cm³/mol. The van der Waals surface area contributed by atoms with Gasteiger partial charge in [-0.2, -0.15) is 0 Å². The average Bonchev–Trinajstić information content (AvgIpc) is 2.46. The molecule has 0 spiro atoms. The fourth-order valence-electron chi connectivity index (χ4n) is 2.62. The summed E-state index contributed by atoms with van der Waals surface area (Å²) in [6.07, 6.45) is 8.56. The number of hydrogen-bond acceptors (Lipinski definition) is 2. The molecule has 1 aromatic rings. The Morgan fingerprint density at radius 3 is 2.63 bits per heavy atom. The maximum absolute atomic E-state index is 3.57. The van der Waals surface area contributed by atoms with Crippen molar-refractivity contribution in [1.29, 1.82) is 0 Å². The lowest BCUT2D eigenvalue weighted by Crippen LogP contribution is -2.41. The number of piperidine rings is 1. The molecule has 2 rings (SSSR count). The summed E-state index contributed by atoms with van der Waals surface area (Å²) in [7, 11) is 0. The van der Waals surface area contributed by atoms with E-state index in [4.69, 9.17) is 0 Å². The molecule has 0 aromatic heterocycles. The lowest BCUT2D eigenvalue weighted by atomic mass is 10.1. The van der Waals surface area contributed by atoms with Gasteiger partial charge in [-0.25, -0.2) is 0 Å². The average molecular weight is 258 g/mol. The number of benzene rings is 1. The Labute approximate surface area is 117 Å². The SMILES string of the molecule is CC(CN1CCCCC1)NCC=Cc1ccccc1. The standard InChI is InChI=1S/C17H26N2/c1-16(15-19-13-6-3-7-14-19)18-12-8-11-17-9-4-2-5-10-17/h2,4-5,8-11,16,18H,3,6-7,12-15H2,1H3. The van der Waals surface area contributed by atoms with Crippen LogP contribution in [0.1, 0.15) is 31.7 Å². The Hall–Kier alpha value is -1.12. The molecule has 0 bridgehead atoms. The van der Waals surface area contributed by atoms with Crippen LogP contribution in [0.3, 0.4) is 0 Å². The molecule has 1 N–H and O–H groups in total. The van der Waals surface area contributed by atoms with Crippen LogP contribution in [0.25, 0.3) is 6.08 Å². The lowest BCUT2D eigenvalue weighted by molar-refractivity contribution is 0.210. The molecule has 0 saturated carbocycles. The Morgan fingerprint density at radius 2 is 1.89 bits per heavy atom. The van der Waals surface area contributed by atoms with Gasteiger partial charge in [-0.3, -0.25) is 0 Å². The minimum Gasteiger partial charge on any atom is -0.310 e. The fraction of sp³-hybridized carbons (Fsp3) is 0.529. The molecule has 19 heavy (non-hydrogen) atoms. The zero-order valence-corrected chi connectivity index (χ0v) is 12.0. The van der Waals surface area contributed by atoms with Crippen molar-refractivity contribution in [3.05, 3.63) is 42.0 Å². The molecule has 1 saturated heterocycles. The van der Waals surface area contributed by atoms with Gasteiger partial charge in [0.2, 0.25) is 0 Å². The van der Waals surface area contributed by atoms with E-state index in [9.17, 15) is 0 Å². The van der Waals surface area contributed by atoms with E-state index in [2.05, 4.69) is 59.6 Å². The van der Waals surface area contributed by atoms with E-state index in [0.29, 0.717) is 6.04 Å². The summed E-state index contributed by atoms with van der Waals surface area (Å²) >= 11 is 0. The summed E-state index contributed by atoms with van der Waals surface area (Å²) < 4.78 is 0. The second-order valence-electron chi connectivity index (χ2n) is 5.48. The first-order valence-corrected chi connectivity index (χ1v) is 7.52. The van der Waals surface area contributed by atoms with Gasteiger partial charge in [0.15, 0.2) is 0 Å². The van der Waals surface area contributed by atoms with Gasteiger partial charge >= 0.3 is 0 Å². The van der Waals surface area contributed by atoms with Gasteiger partial charge in [0, 0.05) is 19.1 Å². The number of likely N-dealkylation sites (tertiary alicyclic amines) is 1. The minimum atomic E-state index is 0.568. The van der Waals surface area contributed by atoms with E-state index in [-0.39, 0.29) is 0 Å². The highest BCUT2D eigenvalue weighted by Gasteiger charge is 2.12. The third kappa shape index (κ3) is 5.58. The summed E-state index contributed by atoms with van der Waals surface area (Å²) in [5.41, 5.74) is 1.27. The van der Waals surface area contributed by atoms with Gasteiger partial charge in [-0.05, 0) is 38.4 Å². The van der Waals surface area contributed by atoms with Gasteiger partial charge in [0.05, 0.1) is 0 Å². The van der Waals surface area contributed by atoms with E-state index in [0.717, 1.165) is 6.54 Å². The van der Waals surface area contributed by atoms with Crippen molar-refractivity contribution in [2.75, 3.05) is 26.2 Å². The molecule has 1 atom stereocenters. The van der Waals surface area contributed by atoms with Crippen LogP contribution in [-0.4, -0.2) is 37.1 Å². The highest BCUT2D eigenvalue weighted by Crippen LogP contribution is 2.08. The smallest absolute Gasteiger partial charge is 0.0169 e. The second kappa shape index (κ2) is 8.13. The minimum absolute atomic E-state index is 0.568. The number of nitrogens with one attached hydrogen (secondary N) is 1. The van der Waals surface area contributed by atoms with Crippen LogP contribution in [0, 0.1) is 0 Å². The Kier molecular flexibility index (Phi) is 6.12. The normalized spacial score (nSPS) is 18.8. The van der Waals surface area contributed by atoms with Crippen molar-refractivity contribution in [1.82, 2.24) is 10.2 Å². The molecule has 2 nitrogen and oxygen atoms in total. The van der Waals surface area contributed by atoms with Crippen molar-refractivity contribution in [3.63, 3.8) is 0 Å². The first-order valence-electron chi connectivity index (χ1n) is 7.52. The van der Waals surface area contributed by atoms with Crippen LogP contribution in [-0.2, 0) is 0 Å². The van der Waals surface area contributed by atoms with Crippen LogP contribution in [0.5, 0.6) is 0 Å². The van der Waals surface area contributed by atoms with E-state index in [1.54, 1.807) is 0 Å². The molecule has 1 fully saturated rings. The molecular formula is C17H26N2. The van der Waals surface area contributed by atoms with Crippen LogP contribution in [0.2, 0.25) is 0 Å². The van der Waals surface area contributed by atoms with Gasteiger partial charge in [0.1, 0.15) is 0 Å². The summed E-state index contributed by atoms with van der Waals surface area (Å²) in [6, 6.07) is 11.0. The van der Waals surface area contributed by atoms with Gasteiger partial charge in [-0.15, -0.1) is 0 Å². The molecule has 0 radical (unpaired) electrons. The zero-order chi connectivity index (χ0) is 13.3. The van der Waals surface area contributed by atoms with E-state index >= 15 is 0 Å². The van der Waals surface area contributed by atoms with Crippen molar-refractivity contribution < 1.29 is 0 Å². The molecule has 0 amide bonds. The van der Waals surface area contributed by atoms with Gasteiger partial charge < -0.3 is 10.2 Å². The highest BCUT2D eigenvalue weighted by atomic mass is 15.1. The Balaban J connectivity index is 1.63. The highest BCUT2D eigenvalue weighted by molar-refractivity contribution is 5.48. The fourth-order valence-corrected chi connectivity index (χ4v) is 2.62. The summed E-state index contributed by atoms with van der Waals surface area (Å²) in [5.74, 6) is 0. The van der Waals surface area contributed by atoms with Crippen LogP contribution >= 0.6 is 0 Å². The van der Waals surface area contributed by atoms with Crippen molar-refractivity contribution >= 4 is 6.08 Å². The third-order valence-electron chi connectivity index (χ3n) is 3.67. The van der Waals surface area contributed by atoms with Crippen molar-refractivity contribution in [2.45, 2.75) is 32.2 Å². The maximum atomic E-state index is 3.57. The Morgan fingerprint density at radius 1 is 1.16 bits per heavy atom. The topological polar surface area (TPSA) is 15.3 Å². The van der Waals surface area contributed by atoms with Crippen molar-refractivity contribution in [2.24, 2.45) is 0 Å². The molecule has 1 heterocycles. The molecule has 1 unspecified atom stereocenters. The van der Waals surface area contributed by atoms with Crippen LogP contribution in [0.15, 0.2) is 36.4 Å². The number of rotatable bonds is 6. The first kappa shape index (κ1) is 14.3. The van der Waals surface area contributed by atoms with Gasteiger partial charge in [-0.1, -0.05) is 48.9 Å².